The molecule has 1 rings (SSSR count). The van der Waals surface area contributed by atoms with E-state index >= 15 is 0 Å². The van der Waals surface area contributed by atoms with Crippen molar-refractivity contribution in [2.24, 2.45) is 5.92 Å². The largest absolute Gasteiger partial charge is 0.469 e. The van der Waals surface area contributed by atoms with Gasteiger partial charge < -0.3 is 10.1 Å². The van der Waals surface area contributed by atoms with Crippen molar-refractivity contribution < 1.29 is 9.53 Å². The van der Waals surface area contributed by atoms with Gasteiger partial charge in [-0.1, -0.05) is 0 Å². The number of rotatable bonds is 2. The zero-order chi connectivity index (χ0) is 8.97. The molecule has 0 saturated carbocycles. The molecular formula is C9H17NO2. The number of carbonyl (C=O) groups excluding carboxylic acids is 1. The average Bonchev–Trinajstić information content (AvgIpc) is 2.04. The lowest BCUT2D eigenvalue weighted by Crippen LogP contribution is -2.36. The van der Waals surface area contributed by atoms with Gasteiger partial charge in [-0.15, -0.1) is 0 Å². The van der Waals surface area contributed by atoms with Crippen LogP contribution in [0.1, 0.15) is 26.2 Å². The van der Waals surface area contributed by atoms with E-state index in [1.165, 1.54) is 7.11 Å². The van der Waals surface area contributed by atoms with Crippen molar-refractivity contribution >= 4 is 5.97 Å². The maximum atomic E-state index is 10.9. The Bertz CT molecular complexity index is 159. The quantitative estimate of drug-likeness (QED) is 0.628. The van der Waals surface area contributed by atoms with E-state index in [1.54, 1.807) is 0 Å². The first-order valence-electron chi connectivity index (χ1n) is 4.52. The SMILES string of the molecule is COC(=O)CC1CCNC(C)C1. The third-order valence-electron chi connectivity index (χ3n) is 2.42. The molecular weight excluding hydrogens is 154 g/mol. The number of ether oxygens (including phenoxy) is 1. The van der Waals surface area contributed by atoms with Crippen molar-refractivity contribution in [2.75, 3.05) is 13.7 Å². The second kappa shape index (κ2) is 4.45. The number of hydrogen-bond acceptors (Lipinski definition) is 3. The highest BCUT2D eigenvalue weighted by atomic mass is 16.5. The van der Waals surface area contributed by atoms with Gasteiger partial charge in [0.05, 0.1) is 7.11 Å². The molecule has 1 fully saturated rings. The van der Waals surface area contributed by atoms with E-state index in [0.717, 1.165) is 19.4 Å². The van der Waals surface area contributed by atoms with Gasteiger partial charge in [-0.05, 0) is 32.2 Å². The van der Waals surface area contributed by atoms with Gasteiger partial charge in [0.2, 0.25) is 0 Å². The van der Waals surface area contributed by atoms with Crippen LogP contribution in [0.15, 0.2) is 0 Å². The molecule has 1 saturated heterocycles. The van der Waals surface area contributed by atoms with Crippen LogP contribution in [-0.2, 0) is 9.53 Å². The van der Waals surface area contributed by atoms with E-state index in [4.69, 9.17) is 0 Å². The molecule has 0 aliphatic carbocycles. The Morgan fingerprint density at radius 3 is 3.00 bits per heavy atom. The Morgan fingerprint density at radius 1 is 1.67 bits per heavy atom. The highest BCUT2D eigenvalue weighted by Gasteiger charge is 2.20. The van der Waals surface area contributed by atoms with Gasteiger partial charge in [-0.2, -0.15) is 0 Å². The molecule has 3 heteroatoms. The third-order valence-corrected chi connectivity index (χ3v) is 2.42. The maximum Gasteiger partial charge on any atom is 0.305 e. The van der Waals surface area contributed by atoms with Crippen molar-refractivity contribution in [2.45, 2.75) is 32.2 Å². The normalized spacial score (nSPS) is 29.8. The Balaban J connectivity index is 2.27. The fourth-order valence-electron chi connectivity index (χ4n) is 1.74. The van der Waals surface area contributed by atoms with E-state index < -0.39 is 0 Å². The standard InChI is InChI=1S/C9H17NO2/c1-7-5-8(3-4-10-7)6-9(11)12-2/h7-8,10H,3-6H2,1-2H3. The predicted octanol–water partition coefficient (Wildman–Crippen LogP) is 0.938. The lowest BCUT2D eigenvalue weighted by molar-refractivity contribution is -0.142. The summed E-state index contributed by atoms with van der Waals surface area (Å²) in [5, 5.41) is 3.35. The number of hydrogen-bond donors (Lipinski definition) is 1. The Morgan fingerprint density at radius 2 is 2.42 bits per heavy atom. The molecule has 0 aromatic rings. The van der Waals surface area contributed by atoms with Gasteiger partial charge in [0.1, 0.15) is 0 Å². The summed E-state index contributed by atoms with van der Waals surface area (Å²) in [5.74, 6) is 0.447. The Hall–Kier alpha value is -0.570. The summed E-state index contributed by atoms with van der Waals surface area (Å²) in [7, 11) is 1.45. The minimum Gasteiger partial charge on any atom is -0.469 e. The molecule has 12 heavy (non-hydrogen) atoms. The second-order valence-electron chi connectivity index (χ2n) is 3.53. The fraction of sp³-hybridized carbons (Fsp3) is 0.889. The van der Waals surface area contributed by atoms with Crippen LogP contribution in [0.2, 0.25) is 0 Å². The van der Waals surface area contributed by atoms with Gasteiger partial charge >= 0.3 is 5.97 Å². The number of carbonyl (C=O) groups is 1. The number of nitrogens with one attached hydrogen (secondary N) is 1. The summed E-state index contributed by atoms with van der Waals surface area (Å²) < 4.78 is 4.63. The van der Waals surface area contributed by atoms with Crippen molar-refractivity contribution in [1.29, 1.82) is 0 Å². The van der Waals surface area contributed by atoms with E-state index in [2.05, 4.69) is 17.0 Å². The molecule has 2 unspecified atom stereocenters. The van der Waals surface area contributed by atoms with Crippen LogP contribution in [0.25, 0.3) is 0 Å². The Labute approximate surface area is 73.5 Å². The first-order valence-corrected chi connectivity index (χ1v) is 4.52. The highest BCUT2D eigenvalue weighted by Crippen LogP contribution is 2.19. The van der Waals surface area contributed by atoms with E-state index in [0.29, 0.717) is 18.4 Å². The van der Waals surface area contributed by atoms with Crippen LogP contribution in [-0.4, -0.2) is 25.7 Å². The zero-order valence-electron chi connectivity index (χ0n) is 7.80. The second-order valence-corrected chi connectivity index (χ2v) is 3.53. The minimum atomic E-state index is -0.0749. The van der Waals surface area contributed by atoms with E-state index in [9.17, 15) is 4.79 Å². The Kier molecular flexibility index (Phi) is 3.53. The summed E-state index contributed by atoms with van der Waals surface area (Å²) in [6, 6.07) is 0.549. The lowest BCUT2D eigenvalue weighted by atomic mass is 9.91. The number of esters is 1. The summed E-state index contributed by atoms with van der Waals surface area (Å²) in [4.78, 5) is 10.9. The highest BCUT2D eigenvalue weighted by molar-refractivity contribution is 5.69. The molecule has 0 amide bonds. The molecule has 0 aromatic heterocycles. The summed E-state index contributed by atoms with van der Waals surface area (Å²) in [6.07, 6.45) is 2.77. The van der Waals surface area contributed by atoms with Crippen LogP contribution >= 0.6 is 0 Å². The average molecular weight is 171 g/mol. The molecule has 2 atom stereocenters. The van der Waals surface area contributed by atoms with Gasteiger partial charge in [0, 0.05) is 12.5 Å². The number of methoxy groups -OCH3 is 1. The first kappa shape index (κ1) is 9.52. The molecule has 1 aliphatic rings. The van der Waals surface area contributed by atoms with Crippen LogP contribution < -0.4 is 5.32 Å². The molecule has 0 bridgehead atoms. The van der Waals surface area contributed by atoms with Crippen molar-refractivity contribution in [3.8, 4) is 0 Å². The molecule has 0 aromatic carbocycles. The molecule has 0 spiro atoms. The summed E-state index contributed by atoms with van der Waals surface area (Å²) in [6.45, 7) is 3.19. The topological polar surface area (TPSA) is 38.3 Å². The van der Waals surface area contributed by atoms with Crippen molar-refractivity contribution in [3.63, 3.8) is 0 Å². The zero-order valence-corrected chi connectivity index (χ0v) is 7.80. The fourth-order valence-corrected chi connectivity index (χ4v) is 1.74. The summed E-state index contributed by atoms with van der Waals surface area (Å²) in [5.41, 5.74) is 0. The summed E-state index contributed by atoms with van der Waals surface area (Å²) >= 11 is 0. The van der Waals surface area contributed by atoms with Crippen molar-refractivity contribution in [3.05, 3.63) is 0 Å². The van der Waals surface area contributed by atoms with Crippen LogP contribution in [0.5, 0.6) is 0 Å². The minimum absolute atomic E-state index is 0.0749. The van der Waals surface area contributed by atoms with Gasteiger partial charge in [0.15, 0.2) is 0 Å². The molecule has 1 aliphatic heterocycles. The monoisotopic (exact) mass is 171 g/mol. The van der Waals surface area contributed by atoms with Gasteiger partial charge in [0.25, 0.3) is 0 Å². The van der Waals surface area contributed by atoms with Gasteiger partial charge in [-0.25, -0.2) is 0 Å². The smallest absolute Gasteiger partial charge is 0.305 e. The molecule has 0 radical (unpaired) electrons. The van der Waals surface area contributed by atoms with Crippen LogP contribution in [0.3, 0.4) is 0 Å². The lowest BCUT2D eigenvalue weighted by Gasteiger charge is -2.26. The molecule has 3 nitrogen and oxygen atoms in total. The van der Waals surface area contributed by atoms with E-state index in [-0.39, 0.29) is 5.97 Å². The number of piperidine rings is 1. The van der Waals surface area contributed by atoms with Crippen LogP contribution in [0.4, 0.5) is 0 Å². The van der Waals surface area contributed by atoms with Crippen LogP contribution in [0, 0.1) is 5.92 Å². The van der Waals surface area contributed by atoms with Crippen molar-refractivity contribution in [1.82, 2.24) is 5.32 Å². The van der Waals surface area contributed by atoms with E-state index in [1.807, 2.05) is 0 Å². The molecule has 1 N–H and O–H groups in total. The maximum absolute atomic E-state index is 10.9. The predicted molar refractivity (Wildman–Crippen MR) is 46.8 cm³/mol. The van der Waals surface area contributed by atoms with Gasteiger partial charge in [-0.3, -0.25) is 4.79 Å². The molecule has 70 valence electrons. The molecule has 1 heterocycles. The first-order chi connectivity index (χ1) is 5.72. The third kappa shape index (κ3) is 2.81.